The van der Waals surface area contributed by atoms with Gasteiger partial charge in [0, 0.05) is 30.9 Å². The van der Waals surface area contributed by atoms with Crippen LogP contribution < -0.4 is 25.6 Å². The summed E-state index contributed by atoms with van der Waals surface area (Å²) in [6.45, 7) is 0.457. The Labute approximate surface area is 223 Å². The number of aromatic nitrogens is 1. The number of ether oxygens (including phenoxy) is 2. The van der Waals surface area contributed by atoms with Gasteiger partial charge in [-0.15, -0.1) is 0 Å². The van der Waals surface area contributed by atoms with Crippen molar-refractivity contribution in [3.05, 3.63) is 127 Å². The van der Waals surface area contributed by atoms with Gasteiger partial charge in [-0.25, -0.2) is 0 Å². The Morgan fingerprint density at radius 3 is 2.54 bits per heavy atom. The van der Waals surface area contributed by atoms with Gasteiger partial charge in [0.1, 0.15) is 19.0 Å². The molecule has 1 atom stereocenters. The number of benzene rings is 3. The number of nitrogens with zero attached hydrogens (tertiary/aromatic N) is 1. The molecular weight excluding hydrogens is 513 g/mol. The molecule has 1 aromatic heterocycles. The second-order valence-corrected chi connectivity index (χ2v) is 9.25. The second-order valence-electron chi connectivity index (χ2n) is 8.43. The first-order valence-corrected chi connectivity index (χ1v) is 12.3. The lowest BCUT2D eigenvalue weighted by Gasteiger charge is -2.26. The fourth-order valence-corrected chi connectivity index (χ4v) is 4.60. The van der Waals surface area contributed by atoms with Gasteiger partial charge in [-0.3, -0.25) is 14.3 Å². The van der Waals surface area contributed by atoms with Gasteiger partial charge in [-0.05, 0) is 22.8 Å². The maximum Gasteiger partial charge on any atom is 0.273 e. The Kier molecular flexibility index (Phi) is 7.08. The van der Waals surface area contributed by atoms with E-state index < -0.39 is 17.4 Å². The highest BCUT2D eigenvalue weighted by Gasteiger charge is 2.28. The molecule has 7 nitrogen and oxygen atoms in total. The molecule has 5 rings (SSSR count). The zero-order chi connectivity index (χ0) is 25.9. The summed E-state index contributed by atoms with van der Waals surface area (Å²) in [5.41, 5.74) is 6.48. The summed E-state index contributed by atoms with van der Waals surface area (Å²) < 4.78 is 13.5. The molecule has 0 saturated carbocycles. The summed E-state index contributed by atoms with van der Waals surface area (Å²) in [6.07, 6.45) is 1.51. The van der Waals surface area contributed by atoms with E-state index in [1.54, 1.807) is 12.1 Å². The monoisotopic (exact) mass is 535 g/mol. The summed E-state index contributed by atoms with van der Waals surface area (Å²) in [4.78, 5) is 25.9. The van der Waals surface area contributed by atoms with Crippen LogP contribution in [-0.2, 0) is 13.2 Å². The molecule has 1 amide bonds. The van der Waals surface area contributed by atoms with Crippen LogP contribution in [0.5, 0.6) is 11.5 Å². The molecule has 1 aliphatic rings. The Bertz CT molecular complexity index is 1520. The minimum Gasteiger partial charge on any atom is -0.488 e. The van der Waals surface area contributed by atoms with Crippen LogP contribution in [0.2, 0.25) is 10.0 Å². The second kappa shape index (κ2) is 10.6. The van der Waals surface area contributed by atoms with Gasteiger partial charge in [0.15, 0.2) is 11.4 Å². The lowest BCUT2D eigenvalue weighted by molar-refractivity contribution is 0.0948. The fraction of sp³-hybridized carbons (Fsp3) is 0.143. The number of fused-ring (bicyclic) bond motifs is 2. The Morgan fingerprint density at radius 2 is 1.76 bits per heavy atom. The van der Waals surface area contributed by atoms with Crippen LogP contribution in [0.1, 0.15) is 38.8 Å². The number of pyridine rings is 1. The summed E-state index contributed by atoms with van der Waals surface area (Å²) in [7, 11) is 1.50. The predicted octanol–water partition coefficient (Wildman–Crippen LogP) is 5.32. The van der Waals surface area contributed by atoms with E-state index in [2.05, 4.69) is 10.7 Å². The number of hydrogen-bond acceptors (Lipinski definition) is 5. The van der Waals surface area contributed by atoms with Crippen molar-refractivity contribution >= 4 is 29.1 Å². The van der Waals surface area contributed by atoms with Gasteiger partial charge < -0.3 is 20.2 Å². The minimum absolute atomic E-state index is 0.0372. The van der Waals surface area contributed by atoms with Crippen molar-refractivity contribution in [2.45, 2.75) is 19.3 Å². The fourth-order valence-electron chi connectivity index (χ4n) is 4.27. The number of amides is 1. The van der Waals surface area contributed by atoms with E-state index in [1.165, 1.54) is 24.0 Å². The largest absolute Gasteiger partial charge is 0.488 e. The van der Waals surface area contributed by atoms with Crippen molar-refractivity contribution in [1.29, 1.82) is 0 Å². The summed E-state index contributed by atoms with van der Waals surface area (Å²) >= 11 is 12.7. The molecule has 188 valence electrons. The molecule has 37 heavy (non-hydrogen) atoms. The summed E-state index contributed by atoms with van der Waals surface area (Å²) in [5.74, 6) is 0.0118. The van der Waals surface area contributed by atoms with Crippen LogP contribution in [0.15, 0.2) is 83.8 Å². The Morgan fingerprint density at radius 1 is 1.03 bits per heavy atom. The summed E-state index contributed by atoms with van der Waals surface area (Å²) in [6, 6.07) is 21.5. The lowest BCUT2D eigenvalue weighted by Crippen LogP contribution is -2.33. The zero-order valence-electron chi connectivity index (χ0n) is 19.8. The molecule has 1 unspecified atom stereocenters. The number of hydrogen-bond donors (Lipinski definition) is 2. The first-order valence-electron chi connectivity index (χ1n) is 11.6. The molecule has 2 N–H and O–H groups in total. The minimum atomic E-state index is -0.489. The topological polar surface area (TPSA) is 81.6 Å². The van der Waals surface area contributed by atoms with E-state index in [0.717, 1.165) is 22.3 Å². The van der Waals surface area contributed by atoms with Gasteiger partial charge in [0.25, 0.3) is 5.91 Å². The van der Waals surface area contributed by atoms with E-state index in [9.17, 15) is 9.59 Å². The average molecular weight is 536 g/mol. The third-order valence-corrected chi connectivity index (χ3v) is 6.83. The van der Waals surface area contributed by atoms with Gasteiger partial charge in [0.2, 0.25) is 5.43 Å². The lowest BCUT2D eigenvalue weighted by atomic mass is 9.95. The number of nitrogens with one attached hydrogen (secondary N) is 2. The Balaban J connectivity index is 1.62. The third kappa shape index (κ3) is 5.01. The number of rotatable bonds is 6. The van der Waals surface area contributed by atoms with E-state index in [4.69, 9.17) is 32.7 Å². The normalized spacial score (nSPS) is 14.0. The highest BCUT2D eigenvalue weighted by molar-refractivity contribution is 6.42. The van der Waals surface area contributed by atoms with Crippen LogP contribution in [0, 0.1) is 0 Å². The van der Waals surface area contributed by atoms with Crippen molar-refractivity contribution < 1.29 is 14.3 Å². The van der Waals surface area contributed by atoms with Crippen LogP contribution >= 0.6 is 23.2 Å². The van der Waals surface area contributed by atoms with E-state index in [-0.39, 0.29) is 18.1 Å². The molecule has 4 aromatic rings. The average Bonchev–Trinajstić information content (AvgIpc) is 3.06. The molecule has 0 aliphatic carbocycles. The zero-order valence-corrected chi connectivity index (χ0v) is 21.3. The smallest absolute Gasteiger partial charge is 0.273 e. The van der Waals surface area contributed by atoms with Crippen molar-refractivity contribution in [2.24, 2.45) is 0 Å². The van der Waals surface area contributed by atoms with E-state index in [0.29, 0.717) is 22.4 Å². The van der Waals surface area contributed by atoms with Gasteiger partial charge in [-0.2, -0.15) is 0 Å². The molecule has 0 radical (unpaired) electrons. The molecule has 0 spiro atoms. The molecule has 1 aliphatic heterocycles. The molecule has 0 saturated heterocycles. The number of halogens is 2. The summed E-state index contributed by atoms with van der Waals surface area (Å²) in [5, 5.41) is 3.35. The van der Waals surface area contributed by atoms with Gasteiger partial charge in [0.05, 0.1) is 16.1 Å². The highest BCUT2D eigenvalue weighted by Crippen LogP contribution is 2.40. The number of carbonyl (C=O) groups excluding carboxylic acids is 1. The number of carbonyl (C=O) groups is 1. The SMILES string of the molecule is CNC(=O)c1c(OCc2ccccc2)c(=O)ccn1NC1c2ccccc2COc2cc(Cl)c(Cl)cc21. The first-order chi connectivity index (χ1) is 18.0. The van der Waals surface area contributed by atoms with Crippen molar-refractivity contribution in [3.8, 4) is 11.5 Å². The van der Waals surface area contributed by atoms with Gasteiger partial charge >= 0.3 is 0 Å². The highest BCUT2D eigenvalue weighted by atomic mass is 35.5. The van der Waals surface area contributed by atoms with Crippen LogP contribution in [0.4, 0.5) is 0 Å². The van der Waals surface area contributed by atoms with E-state index in [1.807, 2.05) is 54.6 Å². The van der Waals surface area contributed by atoms with Crippen LogP contribution in [0.3, 0.4) is 0 Å². The standard InChI is InChI=1S/C28H23Cl2N3O4/c1-31-28(35)26-27(37-15-17-7-3-2-4-8-17)23(34)11-12-33(26)32-25-19-10-6-5-9-18(19)16-36-24-14-22(30)21(29)13-20(24)25/h2-14,25,32H,15-16H2,1H3,(H,31,35). The molecule has 3 aromatic carbocycles. The maximum absolute atomic E-state index is 13.1. The van der Waals surface area contributed by atoms with Crippen molar-refractivity contribution in [2.75, 3.05) is 12.5 Å². The van der Waals surface area contributed by atoms with Crippen LogP contribution in [-0.4, -0.2) is 17.6 Å². The quantitative estimate of drug-likeness (QED) is 0.349. The van der Waals surface area contributed by atoms with Crippen molar-refractivity contribution in [3.63, 3.8) is 0 Å². The molecule has 2 heterocycles. The third-order valence-electron chi connectivity index (χ3n) is 6.10. The molecule has 9 heteroatoms. The molecule has 0 fully saturated rings. The van der Waals surface area contributed by atoms with Gasteiger partial charge in [-0.1, -0.05) is 77.8 Å². The van der Waals surface area contributed by atoms with E-state index >= 15 is 0 Å². The predicted molar refractivity (Wildman–Crippen MR) is 143 cm³/mol. The first kappa shape index (κ1) is 24.7. The van der Waals surface area contributed by atoms with Crippen LogP contribution in [0.25, 0.3) is 0 Å². The van der Waals surface area contributed by atoms with Crippen molar-refractivity contribution in [1.82, 2.24) is 9.99 Å². The molecular formula is C28H23Cl2N3O4. The Hall–Kier alpha value is -3.94. The maximum atomic E-state index is 13.1. The molecule has 0 bridgehead atoms.